The molecule has 3 amide bonds. The first-order chi connectivity index (χ1) is 29.5. The number of aryl methyl sites for hydroxylation is 1. The van der Waals surface area contributed by atoms with E-state index in [0.29, 0.717) is 79.9 Å². The second-order valence-corrected chi connectivity index (χ2v) is 16.8. The predicted molar refractivity (Wildman–Crippen MR) is 243 cm³/mol. The molecule has 0 unspecified atom stereocenters. The highest BCUT2D eigenvalue weighted by Crippen LogP contribution is 2.39. The molecule has 5 rings (SSSR count). The van der Waals surface area contributed by atoms with Gasteiger partial charge in [0.05, 0.1) is 57.4 Å². The summed E-state index contributed by atoms with van der Waals surface area (Å²) in [7, 11) is -0.555. The lowest BCUT2D eigenvalue weighted by atomic mass is 9.86. The maximum atomic E-state index is 13.0. The maximum absolute atomic E-state index is 13.0. The number of rotatable bonds is 18. The lowest BCUT2D eigenvalue weighted by Crippen LogP contribution is -2.27. The van der Waals surface area contributed by atoms with Gasteiger partial charge >= 0.3 is 6.03 Å². The zero-order chi connectivity index (χ0) is 45.3. The first-order valence-electron chi connectivity index (χ1n) is 19.8. The van der Waals surface area contributed by atoms with Gasteiger partial charge in [-0.2, -0.15) is 0 Å². The summed E-state index contributed by atoms with van der Waals surface area (Å²) in [4.78, 5) is 34.1. The van der Waals surface area contributed by atoms with Crippen molar-refractivity contribution in [3.8, 4) is 23.8 Å². The number of hydrogen-bond acceptors (Lipinski definition) is 11. The molecule has 0 radical (unpaired) electrons. The van der Waals surface area contributed by atoms with Crippen LogP contribution >= 0.6 is 0 Å². The monoisotopic (exact) mass is 868 g/mol. The van der Waals surface area contributed by atoms with Crippen molar-refractivity contribution in [1.82, 2.24) is 15.3 Å². The molecule has 0 aliphatic rings. The second-order valence-electron chi connectivity index (χ2n) is 15.1. The standard InChI is InChI=1S/C24H29N3O5S.C22H27N3O4/c1-24(2,3)15-13-19(22(32-5)20(14-15)27-33(6,29)30)26-23(28)25-18-11-12-21(31-4)17-10-8-7-9-16(17)18;1-3-18-13-19(16-21-23-6-5-17(2)25-21)15-20(14-18)22(27)24-7-10-29-12-11-28-9-4-8-26/h7-14,27H,1-6H3,(H2,25,26,28);1,5-6,13-15,26H,4,7-12,16H2,2H3,(H,24,27). The third-order valence-electron chi connectivity index (χ3n) is 9.03. The van der Waals surface area contributed by atoms with Gasteiger partial charge in [0.2, 0.25) is 10.0 Å². The minimum atomic E-state index is -3.57. The van der Waals surface area contributed by atoms with Crippen LogP contribution in [0.2, 0.25) is 0 Å². The summed E-state index contributed by atoms with van der Waals surface area (Å²) < 4.78 is 47.8. The number of fused-ring (bicyclic) bond motifs is 1. The minimum Gasteiger partial charge on any atom is -0.496 e. The van der Waals surface area contributed by atoms with Crippen LogP contribution in [0.4, 0.5) is 21.9 Å². The van der Waals surface area contributed by atoms with Gasteiger partial charge in [-0.1, -0.05) is 51.0 Å². The van der Waals surface area contributed by atoms with Gasteiger partial charge < -0.3 is 40.0 Å². The smallest absolute Gasteiger partial charge is 0.323 e. The molecule has 0 fully saturated rings. The maximum Gasteiger partial charge on any atom is 0.323 e. The molecule has 1 aromatic heterocycles. The molecule has 0 aliphatic heterocycles. The van der Waals surface area contributed by atoms with Gasteiger partial charge in [0.1, 0.15) is 11.6 Å². The molecule has 0 aliphatic carbocycles. The van der Waals surface area contributed by atoms with Gasteiger partial charge in [-0.05, 0) is 78.4 Å². The van der Waals surface area contributed by atoms with Gasteiger partial charge in [0.15, 0.2) is 5.75 Å². The Morgan fingerprint density at radius 2 is 1.55 bits per heavy atom. The van der Waals surface area contributed by atoms with Crippen LogP contribution in [0.15, 0.2) is 79.0 Å². The summed E-state index contributed by atoms with van der Waals surface area (Å²) in [5.41, 5.74) is 4.60. The quantitative estimate of drug-likeness (QED) is 0.0466. The molecule has 5 aromatic rings. The summed E-state index contributed by atoms with van der Waals surface area (Å²) >= 11 is 0. The molecule has 0 spiro atoms. The zero-order valence-electron chi connectivity index (χ0n) is 36.3. The number of hydrogen-bond donors (Lipinski definition) is 5. The van der Waals surface area contributed by atoms with Crippen LogP contribution in [-0.2, 0) is 31.3 Å². The van der Waals surface area contributed by atoms with Gasteiger partial charge in [-0.25, -0.2) is 23.2 Å². The highest BCUT2D eigenvalue weighted by atomic mass is 32.2. The normalized spacial score (nSPS) is 11.1. The molecule has 4 aromatic carbocycles. The Labute approximate surface area is 364 Å². The summed E-state index contributed by atoms with van der Waals surface area (Å²) in [5.74, 6) is 3.97. The van der Waals surface area contributed by atoms with E-state index in [1.54, 1.807) is 49.7 Å². The van der Waals surface area contributed by atoms with Crippen LogP contribution in [0.25, 0.3) is 10.8 Å². The second kappa shape index (κ2) is 23.1. The van der Waals surface area contributed by atoms with Crippen molar-refractivity contribution in [1.29, 1.82) is 0 Å². The molecule has 0 bridgehead atoms. The average molecular weight is 869 g/mol. The summed E-state index contributed by atoms with van der Waals surface area (Å²) in [6, 6.07) is 21.3. The Kier molecular flexibility index (Phi) is 18.0. The number of amides is 3. The molecule has 330 valence electrons. The fourth-order valence-electron chi connectivity index (χ4n) is 6.09. The Morgan fingerprint density at radius 1 is 0.855 bits per heavy atom. The molecule has 15 nitrogen and oxygen atoms in total. The van der Waals surface area contributed by atoms with Gasteiger partial charge in [0, 0.05) is 60.0 Å². The van der Waals surface area contributed by atoms with Crippen LogP contribution in [0.5, 0.6) is 11.5 Å². The van der Waals surface area contributed by atoms with E-state index in [2.05, 4.69) is 36.6 Å². The van der Waals surface area contributed by atoms with Crippen molar-refractivity contribution in [3.05, 3.63) is 113 Å². The van der Waals surface area contributed by atoms with E-state index in [9.17, 15) is 18.0 Å². The lowest BCUT2D eigenvalue weighted by molar-refractivity contribution is 0.0432. The number of carbonyl (C=O) groups is 2. The number of aliphatic hydroxyl groups is 1. The number of methoxy groups -OCH3 is 2. The topological polar surface area (TPSA) is 199 Å². The molecular formula is C46H56N6O9S. The molecule has 0 atom stereocenters. The van der Waals surface area contributed by atoms with Crippen molar-refractivity contribution < 1.29 is 42.1 Å². The number of nitrogens with one attached hydrogen (secondary N) is 4. The Hall–Kier alpha value is -6.25. The number of terminal acetylenes is 1. The number of urea groups is 1. The Morgan fingerprint density at radius 3 is 2.19 bits per heavy atom. The molecule has 1 heterocycles. The van der Waals surface area contributed by atoms with Gasteiger partial charge in [-0.15, -0.1) is 6.42 Å². The summed E-state index contributed by atoms with van der Waals surface area (Å²) in [6.07, 6.45) is 9.43. The largest absolute Gasteiger partial charge is 0.496 e. The van der Waals surface area contributed by atoms with Crippen LogP contribution < -0.4 is 30.1 Å². The number of ether oxygens (including phenoxy) is 4. The van der Waals surface area contributed by atoms with Crippen LogP contribution in [0, 0.1) is 19.3 Å². The van der Waals surface area contributed by atoms with Gasteiger partial charge in [-0.3, -0.25) is 9.52 Å². The Bertz CT molecular complexity index is 2460. The average Bonchev–Trinajstić information content (AvgIpc) is 3.22. The van der Waals surface area contributed by atoms with Crippen molar-refractivity contribution in [3.63, 3.8) is 0 Å². The Balaban J connectivity index is 0.000000275. The van der Waals surface area contributed by atoms with Gasteiger partial charge in [0.25, 0.3) is 5.91 Å². The van der Waals surface area contributed by atoms with E-state index in [1.807, 2.05) is 64.1 Å². The number of sulfonamides is 1. The highest BCUT2D eigenvalue weighted by Gasteiger charge is 2.22. The third kappa shape index (κ3) is 15.0. The van der Waals surface area contributed by atoms with E-state index >= 15 is 0 Å². The van der Waals surface area contributed by atoms with E-state index in [4.69, 9.17) is 30.5 Å². The number of aromatic nitrogens is 2. The van der Waals surface area contributed by atoms with E-state index in [1.165, 1.54) is 7.11 Å². The fraction of sp³-hybridized carbons (Fsp3) is 0.348. The molecular weight excluding hydrogens is 813 g/mol. The first-order valence-corrected chi connectivity index (χ1v) is 21.7. The van der Waals surface area contributed by atoms with Crippen LogP contribution in [0.1, 0.15) is 65.8 Å². The third-order valence-corrected chi connectivity index (χ3v) is 9.62. The number of aliphatic hydroxyl groups excluding tert-OH is 1. The van der Waals surface area contributed by atoms with Crippen LogP contribution in [0.3, 0.4) is 0 Å². The van der Waals surface area contributed by atoms with Crippen LogP contribution in [-0.4, -0.2) is 95.5 Å². The van der Waals surface area contributed by atoms with Crippen molar-refractivity contribution in [2.75, 3.05) is 75.4 Å². The number of nitrogens with zero attached hydrogens (tertiary/aromatic N) is 2. The van der Waals surface area contributed by atoms with E-state index < -0.39 is 16.1 Å². The first kappa shape index (κ1) is 48.4. The molecule has 16 heteroatoms. The lowest BCUT2D eigenvalue weighted by Gasteiger charge is -2.24. The van der Waals surface area contributed by atoms with E-state index in [-0.39, 0.29) is 29.4 Å². The SMILES string of the molecule is C#Cc1cc(Cc2nccc(C)n2)cc(C(=O)NCCOCCOCCCO)c1.COc1c(NC(=O)Nc2ccc(OC)c3ccccc23)cc(C(C)(C)C)cc1NS(C)(=O)=O. The number of benzene rings is 4. The van der Waals surface area contributed by atoms with Crippen molar-refractivity contribution in [2.24, 2.45) is 0 Å². The molecule has 62 heavy (non-hydrogen) atoms. The summed E-state index contributed by atoms with van der Waals surface area (Å²) in [6.45, 7) is 10.2. The molecule has 5 N–H and O–H groups in total. The zero-order valence-corrected chi connectivity index (χ0v) is 37.1. The molecule has 0 saturated heterocycles. The fourth-order valence-corrected chi connectivity index (χ4v) is 6.64. The van der Waals surface area contributed by atoms with Crippen molar-refractivity contribution >= 4 is 49.8 Å². The number of carbonyl (C=O) groups excluding carboxylic acids is 2. The highest BCUT2D eigenvalue weighted by molar-refractivity contribution is 7.92. The minimum absolute atomic E-state index is 0.119. The predicted octanol–water partition coefficient (Wildman–Crippen LogP) is 6.67. The number of anilines is 3. The molecule has 0 saturated carbocycles. The summed E-state index contributed by atoms with van der Waals surface area (Å²) in [5, 5.41) is 18.8. The van der Waals surface area contributed by atoms with Crippen molar-refractivity contribution in [2.45, 2.75) is 46.0 Å². The van der Waals surface area contributed by atoms with E-state index in [0.717, 1.165) is 33.8 Å².